The van der Waals surface area contributed by atoms with Gasteiger partial charge < -0.3 is 14.7 Å². The number of nitrogens with zero attached hydrogens (tertiary/aromatic N) is 1. The molecular formula is C25H28FNO3. The highest BCUT2D eigenvalue weighted by Crippen LogP contribution is 2.46. The van der Waals surface area contributed by atoms with Gasteiger partial charge in [0.15, 0.2) is 0 Å². The lowest BCUT2D eigenvalue weighted by Crippen LogP contribution is -2.44. The second-order valence-electron chi connectivity index (χ2n) is 8.60. The van der Waals surface area contributed by atoms with Crippen LogP contribution in [0.15, 0.2) is 48.0 Å². The standard InChI is InChI=1S/C25H28FNO3/c1-18(14-19-2-5-21(26)6-3-19)15-20-4-7-22-23(16-20)30-17-25(22)9-12-27(13-10-25)11-8-24(28)29/h2-7,14,16H,8-13,15,17H2,1H3,(H,28,29)/b18-14+. The van der Waals surface area contributed by atoms with Gasteiger partial charge in [-0.05, 0) is 68.6 Å². The van der Waals surface area contributed by atoms with Crippen LogP contribution in [0.3, 0.4) is 0 Å². The fraction of sp³-hybridized carbons (Fsp3) is 0.400. The van der Waals surface area contributed by atoms with Crippen LogP contribution in [0.2, 0.25) is 0 Å². The van der Waals surface area contributed by atoms with Crippen molar-refractivity contribution in [3.05, 3.63) is 70.5 Å². The van der Waals surface area contributed by atoms with Crippen molar-refractivity contribution in [2.24, 2.45) is 0 Å². The third kappa shape index (κ3) is 4.57. The molecule has 5 heteroatoms. The zero-order valence-electron chi connectivity index (χ0n) is 17.4. The number of carboxylic acids is 1. The molecule has 4 rings (SSSR count). The number of carboxylic acid groups (broad SMARTS) is 1. The number of fused-ring (bicyclic) bond motifs is 2. The molecule has 0 radical (unpaired) electrons. The number of rotatable bonds is 6. The molecule has 30 heavy (non-hydrogen) atoms. The topological polar surface area (TPSA) is 49.8 Å². The molecule has 158 valence electrons. The van der Waals surface area contributed by atoms with Gasteiger partial charge in [0.25, 0.3) is 0 Å². The van der Waals surface area contributed by atoms with Crippen molar-refractivity contribution in [3.8, 4) is 5.75 Å². The lowest BCUT2D eigenvalue weighted by Gasteiger charge is -2.38. The second-order valence-corrected chi connectivity index (χ2v) is 8.60. The smallest absolute Gasteiger partial charge is 0.304 e. The SMILES string of the molecule is C/C(=C\c1ccc(F)cc1)Cc1ccc2c(c1)OCC21CCN(CCC(=O)O)CC1. The minimum Gasteiger partial charge on any atom is -0.492 e. The van der Waals surface area contributed by atoms with E-state index < -0.39 is 5.97 Å². The van der Waals surface area contributed by atoms with Crippen LogP contribution in [0.25, 0.3) is 6.08 Å². The summed E-state index contributed by atoms with van der Waals surface area (Å²) >= 11 is 0. The van der Waals surface area contributed by atoms with Crippen LogP contribution in [0.5, 0.6) is 5.75 Å². The van der Waals surface area contributed by atoms with Crippen molar-refractivity contribution < 1.29 is 19.0 Å². The van der Waals surface area contributed by atoms with E-state index in [2.05, 4.69) is 36.1 Å². The molecule has 2 aliphatic heterocycles. The summed E-state index contributed by atoms with van der Waals surface area (Å²) in [6, 6.07) is 13.1. The van der Waals surface area contributed by atoms with Gasteiger partial charge in [0.2, 0.25) is 0 Å². The first-order valence-electron chi connectivity index (χ1n) is 10.6. The minimum absolute atomic E-state index is 0.0621. The van der Waals surface area contributed by atoms with Crippen molar-refractivity contribution in [3.63, 3.8) is 0 Å². The van der Waals surface area contributed by atoms with E-state index in [1.54, 1.807) is 12.1 Å². The second kappa shape index (κ2) is 8.60. The van der Waals surface area contributed by atoms with Gasteiger partial charge in [-0.2, -0.15) is 0 Å². The third-order valence-corrected chi connectivity index (χ3v) is 6.34. The summed E-state index contributed by atoms with van der Waals surface area (Å²) in [5.74, 6) is 0.0319. The zero-order valence-corrected chi connectivity index (χ0v) is 17.4. The maximum Gasteiger partial charge on any atom is 0.304 e. The van der Waals surface area contributed by atoms with Crippen molar-refractivity contribution in [1.29, 1.82) is 0 Å². The fourth-order valence-electron chi connectivity index (χ4n) is 4.62. The van der Waals surface area contributed by atoms with Crippen LogP contribution >= 0.6 is 0 Å². The van der Waals surface area contributed by atoms with Crippen molar-refractivity contribution in [1.82, 2.24) is 4.90 Å². The number of allylic oxidation sites excluding steroid dienone is 1. The molecule has 1 N–H and O–H groups in total. The largest absolute Gasteiger partial charge is 0.492 e. The Morgan fingerprint density at radius 1 is 1.20 bits per heavy atom. The molecule has 4 nitrogen and oxygen atoms in total. The summed E-state index contributed by atoms with van der Waals surface area (Å²) in [6.45, 7) is 5.25. The van der Waals surface area contributed by atoms with Gasteiger partial charge in [-0.15, -0.1) is 0 Å². The van der Waals surface area contributed by atoms with Crippen molar-refractivity contribution in [2.75, 3.05) is 26.2 Å². The highest BCUT2D eigenvalue weighted by atomic mass is 19.1. The molecule has 0 atom stereocenters. The molecule has 0 aliphatic carbocycles. The summed E-state index contributed by atoms with van der Waals surface area (Å²) in [5, 5.41) is 8.90. The van der Waals surface area contributed by atoms with Crippen molar-refractivity contribution in [2.45, 2.75) is 38.0 Å². The molecule has 0 unspecified atom stereocenters. The number of carbonyl (C=O) groups is 1. The van der Waals surface area contributed by atoms with Crippen LogP contribution in [-0.4, -0.2) is 42.2 Å². The first kappa shape index (κ1) is 20.6. The summed E-state index contributed by atoms with van der Waals surface area (Å²) in [7, 11) is 0. The predicted molar refractivity (Wildman–Crippen MR) is 115 cm³/mol. The van der Waals surface area contributed by atoms with Crippen LogP contribution < -0.4 is 4.74 Å². The number of hydrogen-bond donors (Lipinski definition) is 1. The number of hydrogen-bond acceptors (Lipinski definition) is 3. The molecule has 0 amide bonds. The first-order chi connectivity index (χ1) is 14.4. The van der Waals surface area contributed by atoms with Gasteiger partial charge in [-0.3, -0.25) is 4.79 Å². The molecule has 1 fully saturated rings. The highest BCUT2D eigenvalue weighted by molar-refractivity contribution is 5.66. The van der Waals surface area contributed by atoms with E-state index in [1.165, 1.54) is 28.8 Å². The van der Waals surface area contributed by atoms with E-state index in [4.69, 9.17) is 9.84 Å². The number of piperidine rings is 1. The van der Waals surface area contributed by atoms with Crippen molar-refractivity contribution >= 4 is 12.0 Å². The Balaban J connectivity index is 1.41. The lowest BCUT2D eigenvalue weighted by molar-refractivity contribution is -0.137. The van der Waals surface area contributed by atoms with Gasteiger partial charge in [-0.1, -0.05) is 35.9 Å². The van der Waals surface area contributed by atoms with E-state index in [1.807, 2.05) is 0 Å². The molecule has 0 aromatic heterocycles. The van der Waals surface area contributed by atoms with E-state index in [0.29, 0.717) is 13.2 Å². The lowest BCUT2D eigenvalue weighted by atomic mass is 9.74. The monoisotopic (exact) mass is 409 g/mol. The molecular weight excluding hydrogens is 381 g/mol. The van der Waals surface area contributed by atoms with Gasteiger partial charge in [-0.25, -0.2) is 4.39 Å². The quantitative estimate of drug-likeness (QED) is 0.753. The van der Waals surface area contributed by atoms with Gasteiger partial charge >= 0.3 is 5.97 Å². The Bertz CT molecular complexity index is 943. The highest BCUT2D eigenvalue weighted by Gasteiger charge is 2.42. The Morgan fingerprint density at radius 2 is 1.93 bits per heavy atom. The molecule has 0 saturated carbocycles. The fourth-order valence-corrected chi connectivity index (χ4v) is 4.62. The van der Waals surface area contributed by atoms with Crippen LogP contribution in [-0.2, 0) is 16.6 Å². The van der Waals surface area contributed by atoms with Gasteiger partial charge in [0, 0.05) is 17.5 Å². The number of aliphatic carboxylic acids is 1. The normalized spacial score (nSPS) is 18.3. The Morgan fingerprint density at radius 3 is 2.63 bits per heavy atom. The van der Waals surface area contributed by atoms with E-state index >= 15 is 0 Å². The van der Waals surface area contributed by atoms with Gasteiger partial charge in [0.1, 0.15) is 11.6 Å². The molecule has 2 aromatic carbocycles. The first-order valence-corrected chi connectivity index (χ1v) is 10.6. The van der Waals surface area contributed by atoms with E-state index in [9.17, 15) is 9.18 Å². The Hall–Kier alpha value is -2.66. The number of halogens is 1. The average Bonchev–Trinajstić information content (AvgIpc) is 3.07. The van der Waals surface area contributed by atoms with Crippen LogP contribution in [0.4, 0.5) is 4.39 Å². The molecule has 1 saturated heterocycles. The summed E-state index contributed by atoms with van der Waals surface area (Å²) in [6.07, 6.45) is 5.12. The number of ether oxygens (including phenoxy) is 1. The number of benzene rings is 2. The maximum absolute atomic E-state index is 13.1. The molecule has 2 heterocycles. The summed E-state index contributed by atoms with van der Waals surface area (Å²) in [4.78, 5) is 13.1. The zero-order chi connectivity index (χ0) is 21.1. The Labute approximate surface area is 177 Å². The number of likely N-dealkylation sites (tertiary alicyclic amines) is 1. The molecule has 2 aliphatic rings. The third-order valence-electron chi connectivity index (χ3n) is 6.34. The van der Waals surface area contributed by atoms with Gasteiger partial charge in [0.05, 0.1) is 13.0 Å². The molecule has 1 spiro atoms. The maximum atomic E-state index is 13.1. The average molecular weight is 410 g/mol. The summed E-state index contributed by atoms with van der Waals surface area (Å²) in [5.41, 5.74) is 4.78. The van der Waals surface area contributed by atoms with Crippen LogP contribution in [0.1, 0.15) is 42.9 Å². The molecule has 2 aromatic rings. The summed E-state index contributed by atoms with van der Waals surface area (Å²) < 4.78 is 19.2. The van der Waals surface area contributed by atoms with E-state index in [-0.39, 0.29) is 17.7 Å². The van der Waals surface area contributed by atoms with E-state index in [0.717, 1.165) is 43.7 Å². The predicted octanol–water partition coefficient (Wildman–Crippen LogP) is 4.67. The molecule has 0 bridgehead atoms. The Kier molecular flexibility index (Phi) is 5.91. The minimum atomic E-state index is -0.735. The van der Waals surface area contributed by atoms with Crippen LogP contribution in [0, 0.1) is 5.82 Å².